The van der Waals surface area contributed by atoms with Crippen LogP contribution in [0.3, 0.4) is 0 Å². The van der Waals surface area contributed by atoms with Crippen LogP contribution in [0, 0.1) is 5.92 Å². The van der Waals surface area contributed by atoms with Crippen molar-refractivity contribution in [1.29, 1.82) is 0 Å². The van der Waals surface area contributed by atoms with Crippen LogP contribution in [0.4, 0.5) is 0 Å². The van der Waals surface area contributed by atoms with Gasteiger partial charge in [-0.2, -0.15) is 10.1 Å². The standard InChI is InChI=1S/C10H14N6O/c1-11-7(6-2-3-6)4-8-14-10(16-17-8)9-12-5-13-15-9/h5-7,11H,2-4H2,1H3,(H,12,13,15). The highest BCUT2D eigenvalue weighted by Gasteiger charge is 2.31. The third kappa shape index (κ3) is 2.19. The fourth-order valence-electron chi connectivity index (χ4n) is 1.94. The molecule has 1 aliphatic carbocycles. The molecule has 1 fully saturated rings. The first-order valence-corrected chi connectivity index (χ1v) is 5.72. The van der Waals surface area contributed by atoms with Crippen molar-refractivity contribution >= 4 is 0 Å². The zero-order chi connectivity index (χ0) is 11.7. The Morgan fingerprint density at radius 3 is 3.12 bits per heavy atom. The van der Waals surface area contributed by atoms with Crippen molar-refractivity contribution in [2.45, 2.75) is 25.3 Å². The first-order valence-electron chi connectivity index (χ1n) is 5.72. The van der Waals surface area contributed by atoms with Gasteiger partial charge in [-0.05, 0) is 25.8 Å². The highest BCUT2D eigenvalue weighted by Crippen LogP contribution is 2.33. The van der Waals surface area contributed by atoms with Crippen LogP contribution < -0.4 is 5.32 Å². The average Bonchev–Trinajstić information content (AvgIpc) is 2.88. The monoisotopic (exact) mass is 234 g/mol. The minimum Gasteiger partial charge on any atom is -0.339 e. The Bertz CT molecular complexity index is 475. The van der Waals surface area contributed by atoms with Gasteiger partial charge in [-0.25, -0.2) is 4.98 Å². The summed E-state index contributed by atoms with van der Waals surface area (Å²) in [6.45, 7) is 0. The number of likely N-dealkylation sites (N-methyl/N-ethyl adjacent to an activating group) is 1. The number of aromatic amines is 1. The third-order valence-corrected chi connectivity index (χ3v) is 3.05. The molecule has 1 unspecified atom stereocenters. The number of nitrogens with one attached hydrogen (secondary N) is 2. The van der Waals surface area contributed by atoms with Crippen LogP contribution in [0.1, 0.15) is 18.7 Å². The summed E-state index contributed by atoms with van der Waals surface area (Å²) in [4.78, 5) is 8.28. The maximum absolute atomic E-state index is 5.21. The van der Waals surface area contributed by atoms with Gasteiger partial charge in [0.1, 0.15) is 6.33 Å². The van der Waals surface area contributed by atoms with Gasteiger partial charge in [-0.1, -0.05) is 5.16 Å². The molecule has 0 saturated heterocycles. The van der Waals surface area contributed by atoms with Crippen LogP contribution in [0.2, 0.25) is 0 Å². The molecule has 2 aromatic heterocycles. The molecule has 0 amide bonds. The van der Waals surface area contributed by atoms with Gasteiger partial charge >= 0.3 is 0 Å². The van der Waals surface area contributed by atoms with Gasteiger partial charge in [0.2, 0.25) is 11.7 Å². The molecule has 3 rings (SSSR count). The number of H-pyrrole nitrogens is 1. The average molecular weight is 234 g/mol. The van der Waals surface area contributed by atoms with Gasteiger partial charge in [0.15, 0.2) is 5.82 Å². The number of aromatic nitrogens is 5. The van der Waals surface area contributed by atoms with Crippen LogP contribution in [0.25, 0.3) is 11.6 Å². The fourth-order valence-corrected chi connectivity index (χ4v) is 1.94. The topological polar surface area (TPSA) is 92.5 Å². The molecule has 90 valence electrons. The second-order valence-electron chi connectivity index (χ2n) is 4.28. The molecule has 0 radical (unpaired) electrons. The van der Waals surface area contributed by atoms with Crippen molar-refractivity contribution in [3.05, 3.63) is 12.2 Å². The predicted molar refractivity (Wildman–Crippen MR) is 59.0 cm³/mol. The summed E-state index contributed by atoms with van der Waals surface area (Å²) >= 11 is 0. The highest BCUT2D eigenvalue weighted by atomic mass is 16.5. The Balaban J connectivity index is 1.71. The first kappa shape index (κ1) is 10.4. The Labute approximate surface area is 98.0 Å². The van der Waals surface area contributed by atoms with Crippen LogP contribution in [0.5, 0.6) is 0 Å². The summed E-state index contributed by atoms with van der Waals surface area (Å²) in [6.07, 6.45) is 4.76. The van der Waals surface area contributed by atoms with E-state index in [0.29, 0.717) is 23.6 Å². The smallest absolute Gasteiger partial charge is 0.239 e. The molecule has 1 saturated carbocycles. The van der Waals surface area contributed by atoms with E-state index in [9.17, 15) is 0 Å². The molecule has 1 aliphatic rings. The van der Waals surface area contributed by atoms with E-state index in [1.165, 1.54) is 19.2 Å². The predicted octanol–water partition coefficient (Wildman–Crippen LogP) is 0.395. The van der Waals surface area contributed by atoms with Crippen LogP contribution in [-0.2, 0) is 6.42 Å². The SMILES string of the molecule is CNC(Cc1nc(-c2ncn[nH]2)no1)C1CC1. The highest BCUT2D eigenvalue weighted by molar-refractivity contribution is 5.39. The van der Waals surface area contributed by atoms with Gasteiger partial charge in [0.25, 0.3) is 0 Å². The number of rotatable bonds is 5. The summed E-state index contributed by atoms with van der Waals surface area (Å²) < 4.78 is 5.21. The number of nitrogens with zero attached hydrogens (tertiary/aromatic N) is 4. The largest absolute Gasteiger partial charge is 0.339 e. The maximum Gasteiger partial charge on any atom is 0.239 e. The lowest BCUT2D eigenvalue weighted by Crippen LogP contribution is -2.29. The van der Waals surface area contributed by atoms with Crippen molar-refractivity contribution in [2.75, 3.05) is 7.05 Å². The van der Waals surface area contributed by atoms with Crippen molar-refractivity contribution in [2.24, 2.45) is 5.92 Å². The van der Waals surface area contributed by atoms with Crippen molar-refractivity contribution in [3.8, 4) is 11.6 Å². The summed E-state index contributed by atoms with van der Waals surface area (Å²) in [5.74, 6) is 2.39. The van der Waals surface area contributed by atoms with Crippen LogP contribution in [-0.4, -0.2) is 38.4 Å². The fraction of sp³-hybridized carbons (Fsp3) is 0.600. The molecule has 17 heavy (non-hydrogen) atoms. The Kier molecular flexibility index (Phi) is 2.60. The second kappa shape index (κ2) is 4.25. The molecule has 0 spiro atoms. The van der Waals surface area contributed by atoms with Gasteiger partial charge in [0, 0.05) is 12.5 Å². The van der Waals surface area contributed by atoms with E-state index in [0.717, 1.165) is 12.3 Å². The van der Waals surface area contributed by atoms with E-state index in [1.807, 2.05) is 7.05 Å². The summed E-state index contributed by atoms with van der Waals surface area (Å²) in [7, 11) is 1.97. The first-order chi connectivity index (χ1) is 8.36. The normalized spacial score (nSPS) is 17.2. The van der Waals surface area contributed by atoms with Crippen LogP contribution >= 0.6 is 0 Å². The van der Waals surface area contributed by atoms with Gasteiger partial charge in [-0.15, -0.1) is 0 Å². The molecule has 2 heterocycles. The lowest BCUT2D eigenvalue weighted by molar-refractivity contribution is 0.352. The minimum absolute atomic E-state index is 0.429. The molecule has 7 nitrogen and oxygen atoms in total. The Hall–Kier alpha value is -1.76. The van der Waals surface area contributed by atoms with Crippen molar-refractivity contribution in [1.82, 2.24) is 30.6 Å². The molecule has 0 aromatic carbocycles. The van der Waals surface area contributed by atoms with E-state index in [1.54, 1.807) is 0 Å². The molecule has 2 aromatic rings. The summed E-state index contributed by atoms with van der Waals surface area (Å²) in [6, 6.07) is 0.429. The van der Waals surface area contributed by atoms with Crippen molar-refractivity contribution < 1.29 is 4.52 Å². The zero-order valence-corrected chi connectivity index (χ0v) is 9.55. The molecule has 0 bridgehead atoms. The third-order valence-electron chi connectivity index (χ3n) is 3.05. The minimum atomic E-state index is 0.429. The molecule has 2 N–H and O–H groups in total. The van der Waals surface area contributed by atoms with Gasteiger partial charge < -0.3 is 9.84 Å². The number of hydrogen-bond acceptors (Lipinski definition) is 6. The Morgan fingerprint density at radius 2 is 2.47 bits per heavy atom. The molecular weight excluding hydrogens is 220 g/mol. The molecule has 1 atom stereocenters. The lowest BCUT2D eigenvalue weighted by atomic mass is 10.1. The Morgan fingerprint density at radius 1 is 1.59 bits per heavy atom. The van der Waals surface area contributed by atoms with Gasteiger partial charge in [0.05, 0.1) is 0 Å². The number of hydrogen-bond donors (Lipinski definition) is 2. The lowest BCUT2D eigenvalue weighted by Gasteiger charge is -2.11. The molecule has 7 heteroatoms. The van der Waals surface area contributed by atoms with E-state index in [2.05, 4.69) is 30.6 Å². The van der Waals surface area contributed by atoms with Gasteiger partial charge in [-0.3, -0.25) is 5.10 Å². The van der Waals surface area contributed by atoms with E-state index < -0.39 is 0 Å². The zero-order valence-electron chi connectivity index (χ0n) is 9.55. The summed E-state index contributed by atoms with van der Waals surface area (Å²) in [5, 5.41) is 13.6. The second-order valence-corrected chi connectivity index (χ2v) is 4.28. The van der Waals surface area contributed by atoms with E-state index in [-0.39, 0.29) is 0 Å². The molecule has 0 aliphatic heterocycles. The maximum atomic E-state index is 5.21. The molecular formula is C10H14N6O. The quantitative estimate of drug-likeness (QED) is 0.777. The van der Waals surface area contributed by atoms with Crippen molar-refractivity contribution in [3.63, 3.8) is 0 Å². The van der Waals surface area contributed by atoms with E-state index in [4.69, 9.17) is 4.52 Å². The van der Waals surface area contributed by atoms with Crippen LogP contribution in [0.15, 0.2) is 10.9 Å². The summed E-state index contributed by atoms with van der Waals surface area (Å²) in [5.41, 5.74) is 0. The van der Waals surface area contributed by atoms with E-state index >= 15 is 0 Å².